The molecule has 0 aliphatic carbocycles. The van der Waals surface area contributed by atoms with Gasteiger partial charge in [-0.25, -0.2) is 0 Å². The molecule has 0 aromatic heterocycles. The van der Waals surface area contributed by atoms with E-state index in [0.29, 0.717) is 4.47 Å². The van der Waals surface area contributed by atoms with Crippen molar-refractivity contribution >= 4 is 33.2 Å². The number of nitrogens with one attached hydrogen (secondary N) is 2. The molecule has 1 amide bonds. The zero-order valence-corrected chi connectivity index (χ0v) is 11.1. The van der Waals surface area contributed by atoms with Crippen LogP contribution in [0.2, 0.25) is 0 Å². The molecule has 0 spiro atoms. The number of nitrogens with zero attached hydrogens (tertiary/aromatic N) is 1. The highest BCUT2D eigenvalue weighted by Crippen LogP contribution is 2.28. The Hall–Kier alpha value is -1.47. The number of nitro benzene ring substituents is 1. The van der Waals surface area contributed by atoms with Gasteiger partial charge in [-0.05, 0) is 31.5 Å². The number of carbonyl (C=O) groups excluding carboxylic acids is 1. The Morgan fingerprint density at radius 1 is 1.56 bits per heavy atom. The summed E-state index contributed by atoms with van der Waals surface area (Å²) in [6, 6.07) is 4.30. The van der Waals surface area contributed by atoms with Gasteiger partial charge in [-0.15, -0.1) is 0 Å². The number of benzene rings is 1. The fourth-order valence-corrected chi connectivity index (χ4v) is 2.24. The Morgan fingerprint density at radius 2 is 2.33 bits per heavy atom. The van der Waals surface area contributed by atoms with Crippen LogP contribution in [0.25, 0.3) is 0 Å². The molecule has 1 atom stereocenters. The third-order valence-electron chi connectivity index (χ3n) is 2.79. The molecule has 1 aromatic carbocycles. The Balaban J connectivity index is 2.17. The maximum Gasteiger partial charge on any atom is 0.293 e. The van der Waals surface area contributed by atoms with Crippen molar-refractivity contribution in [3.8, 4) is 0 Å². The lowest BCUT2D eigenvalue weighted by atomic mass is 10.2. The first-order valence-corrected chi connectivity index (χ1v) is 6.35. The van der Waals surface area contributed by atoms with E-state index in [9.17, 15) is 14.9 Å². The molecule has 1 saturated heterocycles. The van der Waals surface area contributed by atoms with Gasteiger partial charge < -0.3 is 10.6 Å². The quantitative estimate of drug-likeness (QED) is 0.660. The molecule has 2 rings (SSSR count). The van der Waals surface area contributed by atoms with Crippen molar-refractivity contribution in [2.45, 2.75) is 18.9 Å². The summed E-state index contributed by atoms with van der Waals surface area (Å²) in [5.74, 6) is -0.224. The van der Waals surface area contributed by atoms with Crippen molar-refractivity contribution in [2.24, 2.45) is 0 Å². The predicted molar refractivity (Wildman–Crippen MR) is 70.5 cm³/mol. The van der Waals surface area contributed by atoms with E-state index in [0.717, 1.165) is 19.4 Å². The van der Waals surface area contributed by atoms with Gasteiger partial charge in [0.25, 0.3) is 5.69 Å². The number of hydrogen-bond acceptors (Lipinski definition) is 4. The summed E-state index contributed by atoms with van der Waals surface area (Å²) in [7, 11) is 0. The monoisotopic (exact) mass is 313 g/mol. The van der Waals surface area contributed by atoms with Gasteiger partial charge in [-0.1, -0.05) is 15.9 Å². The maximum absolute atomic E-state index is 11.9. The molecule has 1 aromatic rings. The molecule has 1 aliphatic heterocycles. The number of rotatable bonds is 3. The van der Waals surface area contributed by atoms with Crippen LogP contribution >= 0.6 is 15.9 Å². The molecule has 0 radical (unpaired) electrons. The van der Waals surface area contributed by atoms with E-state index in [4.69, 9.17) is 0 Å². The van der Waals surface area contributed by atoms with Gasteiger partial charge >= 0.3 is 0 Å². The molecule has 6 nitrogen and oxygen atoms in total. The molecule has 1 fully saturated rings. The number of hydrogen-bond donors (Lipinski definition) is 2. The van der Waals surface area contributed by atoms with Gasteiger partial charge in [0.05, 0.1) is 11.0 Å². The predicted octanol–water partition coefficient (Wildman–Crippen LogP) is 2.05. The van der Waals surface area contributed by atoms with Crippen LogP contribution in [0.15, 0.2) is 22.7 Å². The normalized spacial score (nSPS) is 18.6. The number of nitro groups is 1. The van der Waals surface area contributed by atoms with Crippen LogP contribution in [0, 0.1) is 10.1 Å². The summed E-state index contributed by atoms with van der Waals surface area (Å²) < 4.78 is 0.603. The minimum absolute atomic E-state index is 0.115. The van der Waals surface area contributed by atoms with E-state index in [1.54, 1.807) is 6.07 Å². The van der Waals surface area contributed by atoms with E-state index in [1.165, 1.54) is 12.1 Å². The zero-order valence-electron chi connectivity index (χ0n) is 9.48. The first-order valence-electron chi connectivity index (χ1n) is 5.56. The van der Waals surface area contributed by atoms with Crippen molar-refractivity contribution in [1.29, 1.82) is 0 Å². The fourth-order valence-electron chi connectivity index (χ4n) is 1.89. The SMILES string of the molecule is O=C(Nc1ccc(Br)cc1[N+](=O)[O-])[C@@H]1CCCN1. The van der Waals surface area contributed by atoms with Crippen LogP contribution in [0.1, 0.15) is 12.8 Å². The van der Waals surface area contributed by atoms with Gasteiger partial charge in [0.2, 0.25) is 5.91 Å². The Bertz CT molecular complexity index is 486. The maximum atomic E-state index is 11.9. The number of carbonyl (C=O) groups is 1. The molecule has 7 heteroatoms. The van der Waals surface area contributed by atoms with Crippen LogP contribution in [0.3, 0.4) is 0 Å². The van der Waals surface area contributed by atoms with Gasteiger partial charge in [-0.2, -0.15) is 0 Å². The molecule has 1 heterocycles. The highest BCUT2D eigenvalue weighted by Gasteiger charge is 2.24. The topological polar surface area (TPSA) is 84.3 Å². The number of amides is 1. The Morgan fingerprint density at radius 3 is 2.94 bits per heavy atom. The number of halogens is 1. The average molecular weight is 314 g/mol. The minimum Gasteiger partial charge on any atom is -0.319 e. The van der Waals surface area contributed by atoms with Gasteiger partial charge in [0.1, 0.15) is 5.69 Å². The molecule has 0 unspecified atom stereocenters. The molecule has 96 valence electrons. The van der Waals surface area contributed by atoms with Crippen molar-refractivity contribution in [1.82, 2.24) is 5.32 Å². The minimum atomic E-state index is -0.511. The van der Waals surface area contributed by atoms with Crippen LogP contribution < -0.4 is 10.6 Å². The van der Waals surface area contributed by atoms with Crippen LogP contribution in [0.5, 0.6) is 0 Å². The summed E-state index contributed by atoms with van der Waals surface area (Å²) in [5.41, 5.74) is 0.109. The molecular weight excluding hydrogens is 302 g/mol. The van der Waals surface area contributed by atoms with E-state index < -0.39 is 4.92 Å². The second-order valence-electron chi connectivity index (χ2n) is 4.06. The Labute approximate surface area is 112 Å². The van der Waals surface area contributed by atoms with Crippen molar-refractivity contribution in [3.63, 3.8) is 0 Å². The largest absolute Gasteiger partial charge is 0.319 e. The van der Waals surface area contributed by atoms with Crippen LogP contribution in [-0.2, 0) is 4.79 Å². The van der Waals surface area contributed by atoms with Crippen LogP contribution in [-0.4, -0.2) is 23.4 Å². The fraction of sp³-hybridized carbons (Fsp3) is 0.364. The van der Waals surface area contributed by atoms with E-state index in [2.05, 4.69) is 26.6 Å². The second kappa shape index (κ2) is 5.45. The summed E-state index contributed by atoms with van der Waals surface area (Å²) in [5, 5.41) is 16.5. The van der Waals surface area contributed by atoms with E-state index in [1.807, 2.05) is 0 Å². The van der Waals surface area contributed by atoms with Crippen molar-refractivity contribution in [2.75, 3.05) is 11.9 Å². The summed E-state index contributed by atoms with van der Waals surface area (Å²) in [4.78, 5) is 22.2. The molecule has 0 saturated carbocycles. The summed E-state index contributed by atoms with van der Waals surface area (Å²) in [6.07, 6.45) is 1.71. The molecule has 0 bridgehead atoms. The summed E-state index contributed by atoms with van der Waals surface area (Å²) >= 11 is 3.17. The lowest BCUT2D eigenvalue weighted by molar-refractivity contribution is -0.384. The third-order valence-corrected chi connectivity index (χ3v) is 3.28. The van der Waals surface area contributed by atoms with Crippen molar-refractivity contribution < 1.29 is 9.72 Å². The Kier molecular flexibility index (Phi) is 3.93. The highest BCUT2D eigenvalue weighted by atomic mass is 79.9. The average Bonchev–Trinajstić information content (AvgIpc) is 2.84. The molecule has 1 aliphatic rings. The van der Waals surface area contributed by atoms with Gasteiger partial charge in [-0.3, -0.25) is 14.9 Å². The first kappa shape index (κ1) is 13.0. The van der Waals surface area contributed by atoms with Crippen LogP contribution in [0.4, 0.5) is 11.4 Å². The lowest BCUT2D eigenvalue weighted by Gasteiger charge is -2.11. The lowest BCUT2D eigenvalue weighted by Crippen LogP contribution is -2.35. The zero-order chi connectivity index (χ0) is 13.1. The van der Waals surface area contributed by atoms with Crippen molar-refractivity contribution in [3.05, 3.63) is 32.8 Å². The smallest absolute Gasteiger partial charge is 0.293 e. The molecule has 18 heavy (non-hydrogen) atoms. The summed E-state index contributed by atoms with van der Waals surface area (Å²) in [6.45, 7) is 0.806. The van der Waals surface area contributed by atoms with Gasteiger partial charge in [0, 0.05) is 10.5 Å². The van der Waals surface area contributed by atoms with E-state index >= 15 is 0 Å². The molecular formula is C11H12BrN3O3. The number of anilines is 1. The third kappa shape index (κ3) is 2.85. The van der Waals surface area contributed by atoms with E-state index in [-0.39, 0.29) is 23.3 Å². The van der Waals surface area contributed by atoms with Gasteiger partial charge in [0.15, 0.2) is 0 Å². The highest BCUT2D eigenvalue weighted by molar-refractivity contribution is 9.10. The molecule has 2 N–H and O–H groups in total. The standard InChI is InChI=1S/C11H12BrN3O3/c12-7-3-4-8(10(6-7)15(17)18)14-11(16)9-2-1-5-13-9/h3-4,6,9,13H,1-2,5H2,(H,14,16)/t9-/m0/s1. The first-order chi connectivity index (χ1) is 8.58. The second-order valence-corrected chi connectivity index (χ2v) is 4.97.